The molecule has 9 heteroatoms. The summed E-state index contributed by atoms with van der Waals surface area (Å²) in [5, 5.41) is 6.25. The SMILES string of the molecule is Cn1c(-c2cccc(S(=O)(=O)Nc3ccccc3S(N)(=O)=O)c2)cc2ccccc21. The van der Waals surface area contributed by atoms with Gasteiger partial charge >= 0.3 is 0 Å². The van der Waals surface area contributed by atoms with Crippen LogP contribution in [0.3, 0.4) is 0 Å². The van der Waals surface area contributed by atoms with Gasteiger partial charge in [0.05, 0.1) is 10.6 Å². The van der Waals surface area contributed by atoms with E-state index in [1.54, 1.807) is 12.1 Å². The Kier molecular flexibility index (Phi) is 4.89. The summed E-state index contributed by atoms with van der Waals surface area (Å²) in [4.78, 5) is -0.284. The number of aromatic nitrogens is 1. The number of nitrogens with two attached hydrogens (primary N) is 1. The van der Waals surface area contributed by atoms with Gasteiger partial charge in [0.15, 0.2) is 0 Å². The van der Waals surface area contributed by atoms with Crippen molar-refractivity contribution in [2.45, 2.75) is 9.79 Å². The molecule has 1 heterocycles. The van der Waals surface area contributed by atoms with E-state index in [1.165, 1.54) is 30.3 Å². The molecule has 0 radical (unpaired) electrons. The second-order valence-corrected chi connectivity index (χ2v) is 10.0. The molecule has 0 atom stereocenters. The first-order chi connectivity index (χ1) is 14.2. The molecule has 3 aromatic carbocycles. The van der Waals surface area contributed by atoms with Crippen LogP contribution in [0.25, 0.3) is 22.2 Å². The molecule has 1 aromatic heterocycles. The number of para-hydroxylation sites is 2. The molecule has 0 saturated carbocycles. The van der Waals surface area contributed by atoms with Crippen LogP contribution in [0.1, 0.15) is 0 Å². The maximum absolute atomic E-state index is 13.0. The summed E-state index contributed by atoms with van der Waals surface area (Å²) in [5.41, 5.74) is 2.51. The van der Waals surface area contributed by atoms with Crippen LogP contribution < -0.4 is 9.86 Å². The Balaban J connectivity index is 1.76. The fraction of sp³-hybridized carbons (Fsp3) is 0.0476. The Bertz CT molecular complexity index is 1470. The van der Waals surface area contributed by atoms with Crippen molar-refractivity contribution < 1.29 is 16.8 Å². The topological polar surface area (TPSA) is 111 Å². The lowest BCUT2D eigenvalue weighted by atomic mass is 10.1. The fourth-order valence-corrected chi connectivity index (χ4v) is 5.27. The molecule has 0 aliphatic carbocycles. The average molecular weight is 442 g/mol. The molecular weight excluding hydrogens is 422 g/mol. The molecule has 30 heavy (non-hydrogen) atoms. The first kappa shape index (κ1) is 20.1. The predicted octanol–water partition coefficient (Wildman–Crippen LogP) is 3.29. The van der Waals surface area contributed by atoms with E-state index >= 15 is 0 Å². The highest BCUT2D eigenvalue weighted by Gasteiger charge is 2.21. The zero-order valence-corrected chi connectivity index (χ0v) is 17.6. The molecular formula is C21H19N3O4S2. The van der Waals surface area contributed by atoms with Gasteiger partial charge in [0.2, 0.25) is 10.0 Å². The van der Waals surface area contributed by atoms with Crippen molar-refractivity contribution in [2.24, 2.45) is 12.2 Å². The maximum Gasteiger partial charge on any atom is 0.261 e. The van der Waals surface area contributed by atoms with Gasteiger partial charge in [-0.1, -0.05) is 42.5 Å². The number of rotatable bonds is 5. The van der Waals surface area contributed by atoms with Gasteiger partial charge in [-0.3, -0.25) is 4.72 Å². The van der Waals surface area contributed by atoms with Gasteiger partial charge in [0.25, 0.3) is 10.0 Å². The van der Waals surface area contributed by atoms with Gasteiger partial charge in [0.1, 0.15) is 4.90 Å². The third-order valence-electron chi connectivity index (χ3n) is 4.83. The van der Waals surface area contributed by atoms with E-state index in [0.29, 0.717) is 0 Å². The van der Waals surface area contributed by atoms with Crippen molar-refractivity contribution in [3.63, 3.8) is 0 Å². The van der Waals surface area contributed by atoms with E-state index in [4.69, 9.17) is 5.14 Å². The lowest BCUT2D eigenvalue weighted by Crippen LogP contribution is -2.18. The minimum Gasteiger partial charge on any atom is -0.344 e. The molecule has 0 fully saturated rings. The van der Waals surface area contributed by atoms with Crippen LogP contribution in [0.5, 0.6) is 0 Å². The first-order valence-electron chi connectivity index (χ1n) is 8.96. The Morgan fingerprint density at radius 1 is 0.833 bits per heavy atom. The van der Waals surface area contributed by atoms with Crippen LogP contribution in [0.15, 0.2) is 88.7 Å². The van der Waals surface area contributed by atoms with Gasteiger partial charge < -0.3 is 4.57 Å². The van der Waals surface area contributed by atoms with Gasteiger partial charge in [-0.25, -0.2) is 22.0 Å². The highest BCUT2D eigenvalue weighted by Crippen LogP contribution is 2.29. The summed E-state index contributed by atoms with van der Waals surface area (Å²) in [6.45, 7) is 0. The molecule has 0 aliphatic rings. The number of sulfonamides is 2. The maximum atomic E-state index is 13.0. The number of fused-ring (bicyclic) bond motifs is 1. The predicted molar refractivity (Wildman–Crippen MR) is 117 cm³/mol. The Hall–Kier alpha value is -3.14. The van der Waals surface area contributed by atoms with Crippen molar-refractivity contribution in [3.05, 3.63) is 78.9 Å². The molecule has 0 saturated heterocycles. The van der Waals surface area contributed by atoms with Gasteiger partial charge in [-0.15, -0.1) is 0 Å². The van der Waals surface area contributed by atoms with Gasteiger partial charge in [-0.2, -0.15) is 0 Å². The average Bonchev–Trinajstić information content (AvgIpc) is 3.04. The van der Waals surface area contributed by atoms with Crippen LogP contribution >= 0.6 is 0 Å². The number of primary sulfonamides is 1. The standard InChI is InChI=1S/C21H19N3O4S2/c1-24-19-11-4-2-7-16(19)14-20(24)15-8-6-9-17(13-15)30(27,28)23-18-10-3-5-12-21(18)29(22,25)26/h2-14,23H,1H3,(H2,22,25,26). The molecule has 154 valence electrons. The molecule has 0 amide bonds. The van der Waals surface area contributed by atoms with E-state index in [2.05, 4.69) is 4.72 Å². The number of nitrogens with one attached hydrogen (secondary N) is 1. The molecule has 0 unspecified atom stereocenters. The number of anilines is 1. The lowest BCUT2D eigenvalue weighted by Gasteiger charge is -2.12. The van der Waals surface area contributed by atoms with E-state index in [-0.39, 0.29) is 15.5 Å². The zero-order valence-electron chi connectivity index (χ0n) is 16.0. The second-order valence-electron chi connectivity index (χ2n) is 6.82. The first-order valence-corrected chi connectivity index (χ1v) is 12.0. The van der Waals surface area contributed by atoms with Crippen LogP contribution in [0, 0.1) is 0 Å². The summed E-state index contributed by atoms with van der Waals surface area (Å²) in [6.07, 6.45) is 0. The summed E-state index contributed by atoms with van der Waals surface area (Å²) in [7, 11) is -6.22. The fourth-order valence-electron chi connectivity index (χ4n) is 3.39. The lowest BCUT2D eigenvalue weighted by molar-refractivity contribution is 0.598. The minimum atomic E-state index is -4.09. The van der Waals surface area contributed by atoms with Crippen molar-refractivity contribution in [3.8, 4) is 11.3 Å². The molecule has 4 rings (SSSR count). The summed E-state index contributed by atoms with van der Waals surface area (Å²) in [6, 6.07) is 21.9. The van der Waals surface area contributed by atoms with Crippen molar-refractivity contribution >= 4 is 36.6 Å². The normalized spacial score (nSPS) is 12.2. The van der Waals surface area contributed by atoms with E-state index in [1.807, 2.05) is 48.0 Å². The monoisotopic (exact) mass is 441 g/mol. The van der Waals surface area contributed by atoms with Crippen molar-refractivity contribution in [1.82, 2.24) is 4.57 Å². The molecule has 3 N–H and O–H groups in total. The molecule has 0 spiro atoms. The third kappa shape index (κ3) is 3.70. The van der Waals surface area contributed by atoms with E-state index in [9.17, 15) is 16.8 Å². The second kappa shape index (κ2) is 7.28. The van der Waals surface area contributed by atoms with Gasteiger partial charge in [0, 0.05) is 23.6 Å². The quantitative estimate of drug-likeness (QED) is 0.495. The molecule has 0 aliphatic heterocycles. The van der Waals surface area contributed by atoms with Crippen LogP contribution in [0.4, 0.5) is 5.69 Å². The highest BCUT2D eigenvalue weighted by atomic mass is 32.2. The zero-order chi connectivity index (χ0) is 21.5. The Morgan fingerprint density at radius 3 is 2.27 bits per heavy atom. The highest BCUT2D eigenvalue weighted by molar-refractivity contribution is 7.93. The summed E-state index contributed by atoms with van der Waals surface area (Å²) < 4.78 is 53.8. The van der Waals surface area contributed by atoms with Crippen LogP contribution in [0.2, 0.25) is 0 Å². The number of hydrogen-bond acceptors (Lipinski definition) is 4. The number of nitrogens with zero attached hydrogens (tertiary/aromatic N) is 1. The summed E-state index contributed by atoms with van der Waals surface area (Å²) >= 11 is 0. The largest absolute Gasteiger partial charge is 0.344 e. The number of benzene rings is 3. The van der Waals surface area contributed by atoms with E-state index < -0.39 is 20.0 Å². The van der Waals surface area contributed by atoms with Crippen molar-refractivity contribution in [2.75, 3.05) is 4.72 Å². The molecule has 0 bridgehead atoms. The smallest absolute Gasteiger partial charge is 0.261 e. The van der Waals surface area contributed by atoms with Crippen molar-refractivity contribution in [1.29, 1.82) is 0 Å². The Morgan fingerprint density at radius 2 is 1.53 bits per heavy atom. The summed E-state index contributed by atoms with van der Waals surface area (Å²) in [5.74, 6) is 0. The third-order valence-corrected chi connectivity index (χ3v) is 7.16. The van der Waals surface area contributed by atoms with Crippen LogP contribution in [-0.2, 0) is 27.1 Å². The number of aryl methyl sites for hydroxylation is 1. The number of hydrogen-bond donors (Lipinski definition) is 2. The molecule has 7 nitrogen and oxygen atoms in total. The molecule has 4 aromatic rings. The van der Waals surface area contributed by atoms with E-state index in [0.717, 1.165) is 22.2 Å². The Labute approximate surface area is 174 Å². The van der Waals surface area contributed by atoms with Crippen LogP contribution in [-0.4, -0.2) is 21.4 Å². The minimum absolute atomic E-state index is 0.00878. The van der Waals surface area contributed by atoms with Gasteiger partial charge in [-0.05, 0) is 42.0 Å².